The summed E-state index contributed by atoms with van der Waals surface area (Å²) < 4.78 is 45.8. The Kier molecular flexibility index (Phi) is 6.30. The molecule has 0 spiro atoms. The molecule has 2 aromatic rings. The van der Waals surface area contributed by atoms with Gasteiger partial charge in [-0.2, -0.15) is 0 Å². The third-order valence-electron chi connectivity index (χ3n) is 4.49. The zero-order valence-corrected chi connectivity index (χ0v) is 15.0. The Labute approximate surface area is 160 Å². The first-order chi connectivity index (χ1) is 13.5. The van der Waals surface area contributed by atoms with E-state index in [1.54, 1.807) is 29.2 Å². The number of rotatable bonds is 5. The van der Waals surface area contributed by atoms with Crippen LogP contribution in [0.3, 0.4) is 0 Å². The van der Waals surface area contributed by atoms with E-state index in [9.17, 15) is 22.8 Å². The van der Waals surface area contributed by atoms with Crippen LogP contribution in [-0.2, 0) is 16.0 Å². The van der Waals surface area contributed by atoms with E-state index in [0.29, 0.717) is 32.4 Å². The van der Waals surface area contributed by atoms with Gasteiger partial charge in [0, 0.05) is 19.5 Å². The van der Waals surface area contributed by atoms with E-state index >= 15 is 0 Å². The van der Waals surface area contributed by atoms with E-state index in [-0.39, 0.29) is 12.3 Å². The summed E-state index contributed by atoms with van der Waals surface area (Å²) in [5.41, 5.74) is 0.131. The minimum Gasteiger partial charge on any atom is -0.378 e. The molecule has 1 heterocycles. The van der Waals surface area contributed by atoms with Crippen molar-refractivity contribution in [2.24, 2.45) is 0 Å². The average molecular weight is 392 g/mol. The second-order valence-corrected chi connectivity index (χ2v) is 6.38. The number of hydrogen-bond donors (Lipinski definition) is 1. The Balaban J connectivity index is 1.82. The Morgan fingerprint density at radius 3 is 2.36 bits per heavy atom. The maximum atomic E-state index is 14.0. The molecule has 1 fully saturated rings. The lowest BCUT2D eigenvalue weighted by atomic mass is 10.0. The van der Waals surface area contributed by atoms with Crippen molar-refractivity contribution in [1.82, 2.24) is 10.2 Å². The molecular weight excluding hydrogens is 373 g/mol. The molecule has 0 unspecified atom stereocenters. The van der Waals surface area contributed by atoms with Gasteiger partial charge >= 0.3 is 0 Å². The molecule has 2 aromatic carbocycles. The van der Waals surface area contributed by atoms with Gasteiger partial charge in [-0.1, -0.05) is 30.3 Å². The second kappa shape index (κ2) is 8.88. The van der Waals surface area contributed by atoms with E-state index < -0.39 is 35.0 Å². The summed E-state index contributed by atoms with van der Waals surface area (Å²) in [5, 5.41) is 2.47. The van der Waals surface area contributed by atoms with Crippen LogP contribution in [0.5, 0.6) is 0 Å². The third kappa shape index (κ3) is 4.51. The van der Waals surface area contributed by atoms with Crippen LogP contribution in [0.1, 0.15) is 15.9 Å². The summed E-state index contributed by atoms with van der Waals surface area (Å²) in [5.74, 6) is -6.04. The van der Waals surface area contributed by atoms with Gasteiger partial charge in [0.15, 0.2) is 17.5 Å². The molecule has 0 aliphatic carbocycles. The molecule has 1 aliphatic rings. The maximum absolute atomic E-state index is 14.0. The quantitative estimate of drug-likeness (QED) is 0.795. The van der Waals surface area contributed by atoms with Gasteiger partial charge in [0.05, 0.1) is 18.8 Å². The highest BCUT2D eigenvalue weighted by atomic mass is 19.2. The molecular formula is C20H19F3N2O3. The van der Waals surface area contributed by atoms with Crippen molar-refractivity contribution in [3.8, 4) is 0 Å². The van der Waals surface area contributed by atoms with E-state index in [2.05, 4.69) is 5.32 Å². The summed E-state index contributed by atoms with van der Waals surface area (Å²) in [6, 6.07) is 9.53. The molecule has 1 N–H and O–H groups in total. The molecule has 0 aromatic heterocycles. The van der Waals surface area contributed by atoms with Crippen LogP contribution >= 0.6 is 0 Å². The van der Waals surface area contributed by atoms with Gasteiger partial charge in [-0.3, -0.25) is 9.59 Å². The van der Waals surface area contributed by atoms with E-state index in [1.165, 1.54) is 0 Å². The summed E-state index contributed by atoms with van der Waals surface area (Å²) >= 11 is 0. The zero-order chi connectivity index (χ0) is 20.1. The molecule has 1 atom stereocenters. The highest BCUT2D eigenvalue weighted by molar-refractivity contribution is 5.97. The largest absolute Gasteiger partial charge is 0.378 e. The number of nitrogens with one attached hydrogen (secondary N) is 1. The number of benzene rings is 2. The van der Waals surface area contributed by atoms with Crippen molar-refractivity contribution in [3.63, 3.8) is 0 Å². The molecule has 1 aliphatic heterocycles. The first kappa shape index (κ1) is 19.9. The third-order valence-corrected chi connectivity index (χ3v) is 4.49. The van der Waals surface area contributed by atoms with Crippen LogP contribution in [0.2, 0.25) is 0 Å². The predicted octanol–water partition coefficient (Wildman–Crippen LogP) is 2.30. The Morgan fingerprint density at radius 2 is 1.68 bits per heavy atom. The van der Waals surface area contributed by atoms with Gasteiger partial charge in [0.1, 0.15) is 6.04 Å². The second-order valence-electron chi connectivity index (χ2n) is 6.38. The van der Waals surface area contributed by atoms with E-state index in [1.807, 2.05) is 6.07 Å². The minimum atomic E-state index is -1.73. The molecule has 0 saturated carbocycles. The predicted molar refractivity (Wildman–Crippen MR) is 95.1 cm³/mol. The summed E-state index contributed by atoms with van der Waals surface area (Å²) in [7, 11) is 0. The normalized spacial score (nSPS) is 15.2. The molecule has 28 heavy (non-hydrogen) atoms. The average Bonchev–Trinajstić information content (AvgIpc) is 2.72. The molecule has 5 nitrogen and oxygen atoms in total. The van der Waals surface area contributed by atoms with Crippen molar-refractivity contribution in [2.75, 3.05) is 26.3 Å². The highest BCUT2D eigenvalue weighted by Gasteiger charge is 2.29. The summed E-state index contributed by atoms with van der Waals surface area (Å²) in [6.07, 6.45) is 0.175. The Hall–Kier alpha value is -2.87. The van der Waals surface area contributed by atoms with Crippen molar-refractivity contribution >= 4 is 11.8 Å². The van der Waals surface area contributed by atoms with Crippen LogP contribution in [0.25, 0.3) is 0 Å². The topological polar surface area (TPSA) is 58.6 Å². The fourth-order valence-corrected chi connectivity index (χ4v) is 2.99. The lowest BCUT2D eigenvalue weighted by Crippen LogP contribution is -2.52. The van der Waals surface area contributed by atoms with Crippen molar-refractivity contribution in [2.45, 2.75) is 12.5 Å². The lowest BCUT2D eigenvalue weighted by molar-refractivity contribution is -0.137. The number of morpholine rings is 1. The van der Waals surface area contributed by atoms with Crippen molar-refractivity contribution < 1.29 is 27.5 Å². The van der Waals surface area contributed by atoms with E-state index in [0.717, 1.165) is 11.6 Å². The number of hydrogen-bond acceptors (Lipinski definition) is 3. The van der Waals surface area contributed by atoms with Gasteiger partial charge in [-0.15, -0.1) is 0 Å². The molecule has 3 rings (SSSR count). The molecule has 8 heteroatoms. The van der Waals surface area contributed by atoms with Crippen LogP contribution < -0.4 is 5.32 Å². The Morgan fingerprint density at radius 1 is 1.00 bits per heavy atom. The summed E-state index contributed by atoms with van der Waals surface area (Å²) in [4.78, 5) is 26.9. The molecule has 2 amide bonds. The Bertz CT molecular complexity index is 855. The number of amides is 2. The molecule has 0 bridgehead atoms. The fraction of sp³-hybridized carbons (Fsp3) is 0.300. The summed E-state index contributed by atoms with van der Waals surface area (Å²) in [6.45, 7) is 1.52. The maximum Gasteiger partial charge on any atom is 0.255 e. The van der Waals surface area contributed by atoms with Gasteiger partial charge in [-0.25, -0.2) is 13.2 Å². The van der Waals surface area contributed by atoms with Gasteiger partial charge < -0.3 is 15.0 Å². The number of ether oxygens (including phenoxy) is 1. The number of carbonyl (C=O) groups is 2. The van der Waals surface area contributed by atoms with Crippen LogP contribution in [0.4, 0.5) is 13.2 Å². The first-order valence-corrected chi connectivity index (χ1v) is 8.82. The molecule has 148 valence electrons. The van der Waals surface area contributed by atoms with Gasteiger partial charge in [0.25, 0.3) is 5.91 Å². The van der Waals surface area contributed by atoms with Crippen molar-refractivity contribution in [3.05, 3.63) is 71.0 Å². The monoisotopic (exact) mass is 392 g/mol. The number of carbonyl (C=O) groups excluding carboxylic acids is 2. The van der Waals surface area contributed by atoms with Gasteiger partial charge in [-0.05, 0) is 17.7 Å². The number of nitrogens with zero attached hydrogens (tertiary/aromatic N) is 1. The first-order valence-electron chi connectivity index (χ1n) is 8.82. The van der Waals surface area contributed by atoms with Crippen LogP contribution in [0, 0.1) is 17.5 Å². The molecule has 1 saturated heterocycles. The lowest BCUT2D eigenvalue weighted by Gasteiger charge is -2.31. The molecule has 0 radical (unpaired) electrons. The SMILES string of the molecule is O=C(N[C@H](Cc1ccccc1)C(=O)N1CCOCC1)c1ccc(F)c(F)c1F. The highest BCUT2D eigenvalue weighted by Crippen LogP contribution is 2.16. The van der Waals surface area contributed by atoms with Crippen LogP contribution in [0.15, 0.2) is 42.5 Å². The number of halogens is 3. The standard InChI is InChI=1S/C20H19F3N2O3/c21-15-7-6-14(17(22)18(15)23)19(26)24-16(12-13-4-2-1-3-5-13)20(27)25-8-10-28-11-9-25/h1-7,16H,8-12H2,(H,24,26)/t16-/m1/s1. The zero-order valence-electron chi connectivity index (χ0n) is 15.0. The smallest absolute Gasteiger partial charge is 0.255 e. The fourth-order valence-electron chi connectivity index (χ4n) is 2.99. The minimum absolute atomic E-state index is 0.175. The van der Waals surface area contributed by atoms with Crippen molar-refractivity contribution in [1.29, 1.82) is 0 Å². The van der Waals surface area contributed by atoms with Crippen LogP contribution in [-0.4, -0.2) is 49.1 Å². The van der Waals surface area contributed by atoms with E-state index in [4.69, 9.17) is 4.74 Å². The van der Waals surface area contributed by atoms with Gasteiger partial charge in [0.2, 0.25) is 5.91 Å².